The normalized spacial score (nSPS) is 13.5. The van der Waals surface area contributed by atoms with Crippen molar-refractivity contribution < 1.29 is 63.0 Å². The fourth-order valence-electron chi connectivity index (χ4n) is 0.970. The second kappa shape index (κ2) is 8.05. The Kier molecular flexibility index (Phi) is 7.47. The molecule has 5 nitrogen and oxygen atoms in total. The van der Waals surface area contributed by atoms with Crippen molar-refractivity contribution in [2.75, 3.05) is 26.3 Å². The third-order valence-corrected chi connectivity index (χ3v) is 2.25. The molecule has 0 fully saturated rings. The van der Waals surface area contributed by atoms with E-state index in [1.54, 1.807) is 0 Å². The first-order valence-corrected chi connectivity index (χ1v) is 5.99. The van der Waals surface area contributed by atoms with Crippen molar-refractivity contribution in [1.29, 1.82) is 0 Å². The van der Waals surface area contributed by atoms with Gasteiger partial charge in [-0.25, -0.2) is 9.59 Å². The lowest BCUT2D eigenvalue weighted by Crippen LogP contribution is -2.46. The molecule has 0 amide bonds. The molecule has 0 aliphatic rings. The minimum absolute atomic E-state index is 0.576. The van der Waals surface area contributed by atoms with E-state index in [1.165, 1.54) is 0 Å². The van der Waals surface area contributed by atoms with Crippen LogP contribution in [0, 0.1) is 0 Å². The van der Waals surface area contributed by atoms with Gasteiger partial charge in [0, 0.05) is 13.1 Å². The maximum Gasteiger partial charge on any atom is 0.465 e. The van der Waals surface area contributed by atoms with Crippen LogP contribution in [0.15, 0.2) is 0 Å². The van der Waals surface area contributed by atoms with E-state index in [9.17, 15) is 53.5 Å². The average molecular weight is 397 g/mol. The van der Waals surface area contributed by atoms with Gasteiger partial charge >= 0.3 is 36.1 Å². The highest BCUT2D eigenvalue weighted by atomic mass is 19.4. The van der Waals surface area contributed by atoms with Crippen molar-refractivity contribution in [2.45, 2.75) is 24.2 Å². The van der Waals surface area contributed by atoms with Gasteiger partial charge in [-0.1, -0.05) is 0 Å². The summed E-state index contributed by atoms with van der Waals surface area (Å²) in [6.07, 6.45) is -12.3. The summed E-state index contributed by atoms with van der Waals surface area (Å²) >= 11 is 0. The van der Waals surface area contributed by atoms with Crippen molar-refractivity contribution >= 4 is 11.9 Å². The zero-order valence-corrected chi connectivity index (χ0v) is 11.7. The summed E-state index contributed by atoms with van der Waals surface area (Å²) in [6.45, 7) is -3.16. The minimum atomic E-state index is -6.16. The summed E-state index contributed by atoms with van der Waals surface area (Å²) in [5, 5.41) is 2.07. The highest BCUT2D eigenvalue weighted by molar-refractivity contribution is 5.79. The van der Waals surface area contributed by atoms with Gasteiger partial charge in [0.05, 0.1) is 0 Å². The van der Waals surface area contributed by atoms with Gasteiger partial charge in [0.15, 0.2) is 0 Å². The first-order valence-electron chi connectivity index (χ1n) is 5.99. The average Bonchev–Trinajstić information content (AvgIpc) is 2.43. The maximum atomic E-state index is 12.4. The van der Waals surface area contributed by atoms with Crippen molar-refractivity contribution in [1.82, 2.24) is 5.32 Å². The van der Waals surface area contributed by atoms with Crippen LogP contribution in [0.2, 0.25) is 0 Å². The predicted octanol–water partition coefficient (Wildman–Crippen LogP) is 2.06. The van der Waals surface area contributed by atoms with Crippen LogP contribution in [0.1, 0.15) is 0 Å². The second-order valence-corrected chi connectivity index (χ2v) is 4.17. The summed E-state index contributed by atoms with van der Waals surface area (Å²) in [4.78, 5) is 21.0. The van der Waals surface area contributed by atoms with Gasteiger partial charge in [-0.2, -0.15) is 43.9 Å². The molecule has 0 bridgehead atoms. The van der Waals surface area contributed by atoms with Gasteiger partial charge in [0.2, 0.25) is 0 Å². The topological polar surface area (TPSA) is 64.6 Å². The fraction of sp³-hybridized carbons (Fsp3) is 0.800. The van der Waals surface area contributed by atoms with Crippen LogP contribution >= 0.6 is 0 Å². The van der Waals surface area contributed by atoms with Crippen LogP contribution in [-0.4, -0.2) is 62.4 Å². The summed E-state index contributed by atoms with van der Waals surface area (Å²) < 4.78 is 127. The van der Waals surface area contributed by atoms with Gasteiger partial charge < -0.3 is 14.8 Å². The maximum absolute atomic E-state index is 12.4. The fourth-order valence-corrected chi connectivity index (χ4v) is 0.970. The van der Waals surface area contributed by atoms with Crippen molar-refractivity contribution in [2.24, 2.45) is 0 Å². The number of rotatable bonds is 8. The molecule has 0 aromatic carbocycles. The second-order valence-electron chi connectivity index (χ2n) is 4.17. The number of nitrogens with one attached hydrogen (secondary N) is 1. The number of esters is 2. The van der Waals surface area contributed by atoms with Crippen LogP contribution in [0.5, 0.6) is 0 Å². The highest BCUT2D eigenvalue weighted by Crippen LogP contribution is 2.37. The van der Waals surface area contributed by atoms with Crippen LogP contribution in [0.4, 0.5) is 43.9 Å². The molecule has 0 aliphatic carbocycles. The standard InChI is InChI=1S/C10H9F10NO4/c11-7(12,9(15,16)17)5(22)24-3-1-21-2-4-25-6(23)8(13,14)10(18,19)20/h21H,1-4H2. The summed E-state index contributed by atoms with van der Waals surface area (Å²) in [6, 6.07) is 0. The number of halogens is 10. The molecule has 0 atom stereocenters. The molecule has 0 aromatic heterocycles. The lowest BCUT2D eigenvalue weighted by atomic mass is 10.3. The molecule has 0 rings (SSSR count). The van der Waals surface area contributed by atoms with Crippen molar-refractivity contribution in [3.05, 3.63) is 0 Å². The molecule has 0 radical (unpaired) electrons. The highest BCUT2D eigenvalue weighted by Gasteiger charge is 2.65. The molecule has 0 saturated heterocycles. The lowest BCUT2D eigenvalue weighted by Gasteiger charge is -2.18. The zero-order chi connectivity index (χ0) is 20.1. The summed E-state index contributed by atoms with van der Waals surface area (Å²) in [5.41, 5.74) is 0. The van der Waals surface area contributed by atoms with E-state index in [-0.39, 0.29) is 0 Å². The van der Waals surface area contributed by atoms with E-state index in [4.69, 9.17) is 0 Å². The van der Waals surface area contributed by atoms with E-state index in [1.807, 2.05) is 0 Å². The van der Waals surface area contributed by atoms with Gasteiger partial charge in [0.25, 0.3) is 0 Å². The Bertz CT molecular complexity index is 431. The SMILES string of the molecule is O=C(OCCNCCOC(=O)C(F)(F)C(F)(F)F)C(F)(F)C(F)(F)F. The molecule has 15 heteroatoms. The molecular weight excluding hydrogens is 388 g/mol. The quantitative estimate of drug-likeness (QED) is 0.386. The molecule has 148 valence electrons. The van der Waals surface area contributed by atoms with Crippen LogP contribution in [0.3, 0.4) is 0 Å². The Morgan fingerprint density at radius 1 is 0.640 bits per heavy atom. The first kappa shape index (κ1) is 23.2. The summed E-state index contributed by atoms with van der Waals surface area (Å²) in [5.74, 6) is -17.2. The monoisotopic (exact) mass is 397 g/mol. The van der Waals surface area contributed by atoms with Crippen LogP contribution in [0.25, 0.3) is 0 Å². The van der Waals surface area contributed by atoms with Crippen molar-refractivity contribution in [3.63, 3.8) is 0 Å². The number of carbonyl (C=O) groups is 2. The molecule has 0 aromatic rings. The Labute approximate surface area is 132 Å². The third-order valence-electron chi connectivity index (χ3n) is 2.25. The molecule has 0 aliphatic heterocycles. The largest absolute Gasteiger partial charge is 0.465 e. The number of hydrogen-bond donors (Lipinski definition) is 1. The van der Waals surface area contributed by atoms with Gasteiger partial charge in [-0.15, -0.1) is 0 Å². The molecular formula is C10H9F10NO4. The Morgan fingerprint density at radius 2 is 0.920 bits per heavy atom. The van der Waals surface area contributed by atoms with Gasteiger partial charge in [-0.05, 0) is 0 Å². The Balaban J connectivity index is 4.03. The van der Waals surface area contributed by atoms with Gasteiger partial charge in [0.1, 0.15) is 13.2 Å². The van der Waals surface area contributed by atoms with E-state index < -0.39 is 62.4 Å². The predicted molar refractivity (Wildman–Crippen MR) is 56.8 cm³/mol. The third kappa shape index (κ3) is 6.21. The number of carbonyl (C=O) groups excluding carboxylic acids is 2. The van der Waals surface area contributed by atoms with Gasteiger partial charge in [-0.3, -0.25) is 0 Å². The molecule has 1 N–H and O–H groups in total. The summed E-state index contributed by atoms with van der Waals surface area (Å²) in [7, 11) is 0. The number of ether oxygens (including phenoxy) is 2. The van der Waals surface area contributed by atoms with E-state index in [0.29, 0.717) is 0 Å². The number of hydrogen-bond acceptors (Lipinski definition) is 5. The first-order chi connectivity index (χ1) is 11.0. The Hall–Kier alpha value is -1.80. The minimum Gasteiger partial charge on any atom is -0.460 e. The van der Waals surface area contributed by atoms with Crippen LogP contribution < -0.4 is 5.32 Å². The van der Waals surface area contributed by atoms with E-state index >= 15 is 0 Å². The van der Waals surface area contributed by atoms with E-state index in [2.05, 4.69) is 14.8 Å². The van der Waals surface area contributed by atoms with Crippen LogP contribution in [-0.2, 0) is 19.1 Å². The zero-order valence-electron chi connectivity index (χ0n) is 11.7. The lowest BCUT2D eigenvalue weighted by molar-refractivity contribution is -0.280. The molecule has 25 heavy (non-hydrogen) atoms. The molecule has 0 unspecified atom stereocenters. The Morgan fingerprint density at radius 3 is 1.16 bits per heavy atom. The van der Waals surface area contributed by atoms with E-state index in [0.717, 1.165) is 0 Å². The number of alkyl halides is 10. The van der Waals surface area contributed by atoms with Crippen molar-refractivity contribution in [3.8, 4) is 0 Å². The molecule has 0 spiro atoms. The smallest absolute Gasteiger partial charge is 0.460 e. The molecule has 0 heterocycles. The molecule has 0 saturated carbocycles.